The van der Waals surface area contributed by atoms with Crippen molar-refractivity contribution in [3.05, 3.63) is 176 Å². The van der Waals surface area contributed by atoms with Gasteiger partial charge >= 0.3 is 0 Å². The summed E-state index contributed by atoms with van der Waals surface area (Å²) in [5.74, 6) is 0.674. The van der Waals surface area contributed by atoms with Gasteiger partial charge in [0, 0.05) is 51.1 Å². The van der Waals surface area contributed by atoms with E-state index in [0.717, 1.165) is 89.1 Å². The van der Waals surface area contributed by atoms with Gasteiger partial charge in [-0.1, -0.05) is 127 Å². The van der Waals surface area contributed by atoms with E-state index in [1.807, 2.05) is 55.6 Å². The summed E-state index contributed by atoms with van der Waals surface area (Å²) in [6.07, 6.45) is 3.61. The number of hydrogen-bond donors (Lipinski definition) is 0. The second kappa shape index (κ2) is 12.9. The van der Waals surface area contributed by atoms with Crippen LogP contribution in [0, 0.1) is 6.92 Å². The van der Waals surface area contributed by atoms with Gasteiger partial charge in [0.15, 0.2) is 5.82 Å². The summed E-state index contributed by atoms with van der Waals surface area (Å²) < 4.78 is 0. The summed E-state index contributed by atoms with van der Waals surface area (Å²) in [6, 6.07) is 54.5. The summed E-state index contributed by atoms with van der Waals surface area (Å²) >= 11 is 0. The van der Waals surface area contributed by atoms with E-state index in [4.69, 9.17) is 19.9 Å². The molecule has 9 rings (SSSR count). The van der Waals surface area contributed by atoms with E-state index in [2.05, 4.69) is 120 Å². The zero-order valence-electron chi connectivity index (χ0n) is 27.9. The molecule has 240 valence electrons. The number of pyridine rings is 3. The van der Waals surface area contributed by atoms with Crippen molar-refractivity contribution in [3.63, 3.8) is 0 Å². The molecule has 5 nitrogen and oxygen atoms in total. The zero-order valence-corrected chi connectivity index (χ0v) is 27.9. The van der Waals surface area contributed by atoms with Crippen LogP contribution in [-0.2, 0) is 0 Å². The predicted octanol–water partition coefficient (Wildman–Crippen LogP) is 11.3. The molecule has 5 aromatic carbocycles. The van der Waals surface area contributed by atoms with Crippen LogP contribution in [0.25, 0.3) is 89.2 Å². The summed E-state index contributed by atoms with van der Waals surface area (Å²) in [4.78, 5) is 24.4. The van der Waals surface area contributed by atoms with Crippen LogP contribution in [-0.4, -0.2) is 24.9 Å². The number of nitrogens with zero attached hydrogens (tertiary/aromatic N) is 5. The Morgan fingerprint density at radius 3 is 1.61 bits per heavy atom. The number of rotatable bonds is 6. The third-order valence-corrected chi connectivity index (χ3v) is 9.27. The van der Waals surface area contributed by atoms with Gasteiger partial charge in [-0.05, 0) is 59.5 Å². The van der Waals surface area contributed by atoms with E-state index in [1.54, 1.807) is 6.20 Å². The van der Waals surface area contributed by atoms with Gasteiger partial charge in [-0.2, -0.15) is 0 Å². The van der Waals surface area contributed by atoms with Gasteiger partial charge in [-0.25, -0.2) is 15.0 Å². The third-order valence-electron chi connectivity index (χ3n) is 9.27. The number of benzene rings is 5. The topological polar surface area (TPSA) is 64.5 Å². The van der Waals surface area contributed by atoms with Crippen molar-refractivity contribution in [1.82, 2.24) is 24.9 Å². The highest BCUT2D eigenvalue weighted by atomic mass is 14.9. The lowest BCUT2D eigenvalue weighted by atomic mass is 9.95. The molecule has 4 aromatic heterocycles. The van der Waals surface area contributed by atoms with Crippen LogP contribution in [0.1, 0.15) is 5.69 Å². The fourth-order valence-electron chi connectivity index (χ4n) is 6.61. The third kappa shape index (κ3) is 5.91. The first kappa shape index (κ1) is 30.2. The maximum absolute atomic E-state index is 5.17. The van der Waals surface area contributed by atoms with Crippen LogP contribution < -0.4 is 0 Å². The van der Waals surface area contributed by atoms with Gasteiger partial charge < -0.3 is 0 Å². The minimum Gasteiger partial charge on any atom is -0.264 e. The zero-order chi connectivity index (χ0) is 34.1. The monoisotopic (exact) mass is 653 g/mol. The molecule has 0 radical (unpaired) electrons. The molecular formula is C46H31N5. The molecule has 0 fully saturated rings. The van der Waals surface area contributed by atoms with Gasteiger partial charge in [0.25, 0.3) is 0 Å². The molecular weight excluding hydrogens is 623 g/mol. The smallest absolute Gasteiger partial charge is 0.160 e. The normalized spacial score (nSPS) is 11.2. The fraction of sp³-hybridized carbons (Fsp3) is 0.0217. The predicted molar refractivity (Wildman–Crippen MR) is 208 cm³/mol. The first-order chi connectivity index (χ1) is 25.2. The van der Waals surface area contributed by atoms with Crippen molar-refractivity contribution in [2.45, 2.75) is 6.92 Å². The Morgan fingerprint density at radius 1 is 0.392 bits per heavy atom. The van der Waals surface area contributed by atoms with Crippen LogP contribution in [0.4, 0.5) is 0 Å². The maximum Gasteiger partial charge on any atom is 0.160 e. The number of fused-ring (bicyclic) bond motifs is 3. The number of aryl methyl sites for hydroxylation is 1. The second-order valence-electron chi connectivity index (χ2n) is 12.6. The number of aromatic nitrogens is 5. The Morgan fingerprint density at radius 2 is 0.961 bits per heavy atom. The van der Waals surface area contributed by atoms with Crippen molar-refractivity contribution in [2.75, 3.05) is 0 Å². The molecule has 0 N–H and O–H groups in total. The molecule has 0 saturated heterocycles. The maximum atomic E-state index is 5.17. The molecule has 0 saturated carbocycles. The van der Waals surface area contributed by atoms with E-state index >= 15 is 0 Å². The van der Waals surface area contributed by atoms with E-state index in [9.17, 15) is 0 Å². The molecule has 0 aliphatic heterocycles. The quantitative estimate of drug-likeness (QED) is 0.167. The SMILES string of the molecule is Cc1ccc2ccc3c(-c4ccc(-c5ccc(-c6nc(-c7ccccc7)cc(-c7cccnc7)n6)cc5)cc4)cc(-c4ccccc4)nc3c2n1. The van der Waals surface area contributed by atoms with E-state index in [1.165, 1.54) is 0 Å². The molecule has 5 heteroatoms. The van der Waals surface area contributed by atoms with Gasteiger partial charge in [-0.3, -0.25) is 9.97 Å². The molecule has 0 bridgehead atoms. The molecule has 0 unspecified atom stereocenters. The lowest BCUT2D eigenvalue weighted by molar-refractivity contribution is 1.18. The Hall–Kier alpha value is -6.85. The second-order valence-corrected chi connectivity index (χ2v) is 12.6. The molecule has 0 atom stereocenters. The van der Waals surface area contributed by atoms with Crippen molar-refractivity contribution < 1.29 is 0 Å². The minimum atomic E-state index is 0.674. The molecule has 51 heavy (non-hydrogen) atoms. The Kier molecular flexibility index (Phi) is 7.63. The van der Waals surface area contributed by atoms with Crippen LogP contribution in [0.5, 0.6) is 0 Å². The lowest BCUT2D eigenvalue weighted by Gasteiger charge is -2.13. The lowest BCUT2D eigenvalue weighted by Crippen LogP contribution is -1.96. The first-order valence-corrected chi connectivity index (χ1v) is 17.0. The van der Waals surface area contributed by atoms with E-state index in [-0.39, 0.29) is 0 Å². The highest BCUT2D eigenvalue weighted by Crippen LogP contribution is 2.36. The number of hydrogen-bond acceptors (Lipinski definition) is 5. The molecule has 0 aliphatic rings. The molecule has 4 heterocycles. The van der Waals surface area contributed by atoms with Crippen LogP contribution in [0.15, 0.2) is 170 Å². The standard InChI is InChI=1S/C46H31N5/c1-30-14-15-36-24-25-39-40(27-41(34-9-4-2-5-10-34)49-45(39)44(36)48-30)33-20-16-31(17-21-33)32-18-22-37(23-19-32)46-50-42(35-11-6-3-7-12-35)28-43(51-46)38-13-8-26-47-29-38/h2-29H,1H3. The Bertz CT molecular complexity index is 2600. The Labute approximate surface area is 296 Å². The average Bonchev–Trinajstić information content (AvgIpc) is 3.21. The highest BCUT2D eigenvalue weighted by Gasteiger charge is 2.15. The van der Waals surface area contributed by atoms with E-state index < -0.39 is 0 Å². The summed E-state index contributed by atoms with van der Waals surface area (Å²) in [5, 5.41) is 2.17. The van der Waals surface area contributed by atoms with Crippen molar-refractivity contribution in [2.24, 2.45) is 0 Å². The molecule has 0 spiro atoms. The first-order valence-electron chi connectivity index (χ1n) is 17.0. The van der Waals surface area contributed by atoms with Gasteiger partial charge in [0.1, 0.15) is 0 Å². The van der Waals surface area contributed by atoms with Crippen molar-refractivity contribution in [1.29, 1.82) is 0 Å². The molecule has 0 amide bonds. The van der Waals surface area contributed by atoms with Crippen LogP contribution >= 0.6 is 0 Å². The highest BCUT2D eigenvalue weighted by molar-refractivity contribution is 6.09. The largest absolute Gasteiger partial charge is 0.264 e. The Balaban J connectivity index is 1.08. The molecule has 0 aliphatic carbocycles. The van der Waals surface area contributed by atoms with Crippen molar-refractivity contribution >= 4 is 21.8 Å². The molecule has 9 aromatic rings. The fourth-order valence-corrected chi connectivity index (χ4v) is 6.61. The van der Waals surface area contributed by atoms with Crippen molar-refractivity contribution in [3.8, 4) is 67.4 Å². The van der Waals surface area contributed by atoms with Gasteiger partial charge in [-0.15, -0.1) is 0 Å². The van der Waals surface area contributed by atoms with Gasteiger partial charge in [0.2, 0.25) is 0 Å². The van der Waals surface area contributed by atoms with E-state index in [0.29, 0.717) is 5.82 Å². The minimum absolute atomic E-state index is 0.674. The van der Waals surface area contributed by atoms with Crippen LogP contribution in [0.2, 0.25) is 0 Å². The average molecular weight is 654 g/mol. The summed E-state index contributed by atoms with van der Waals surface area (Å²) in [5.41, 5.74) is 14.0. The van der Waals surface area contributed by atoms with Gasteiger partial charge in [0.05, 0.1) is 28.1 Å². The summed E-state index contributed by atoms with van der Waals surface area (Å²) in [7, 11) is 0. The summed E-state index contributed by atoms with van der Waals surface area (Å²) in [6.45, 7) is 2.03. The van der Waals surface area contributed by atoms with Crippen LogP contribution in [0.3, 0.4) is 0 Å².